The van der Waals surface area contributed by atoms with Gasteiger partial charge in [-0.15, -0.1) is 0 Å². The first kappa shape index (κ1) is 16.0. The summed E-state index contributed by atoms with van der Waals surface area (Å²) < 4.78 is 6.16. The van der Waals surface area contributed by atoms with Crippen molar-refractivity contribution in [3.63, 3.8) is 0 Å². The van der Waals surface area contributed by atoms with E-state index < -0.39 is 0 Å². The third-order valence-electron chi connectivity index (χ3n) is 4.27. The monoisotopic (exact) mass is 255 g/mol. The summed E-state index contributed by atoms with van der Waals surface area (Å²) in [7, 11) is 0. The molecular weight excluding hydrogens is 222 g/mol. The minimum atomic E-state index is 0.463. The fraction of sp³-hybridized carbons (Fsp3) is 1.00. The van der Waals surface area contributed by atoms with Crippen LogP contribution in [0.5, 0.6) is 0 Å². The summed E-state index contributed by atoms with van der Waals surface area (Å²) in [6.07, 6.45) is 10.9. The highest BCUT2D eigenvalue weighted by atomic mass is 16.5. The summed E-state index contributed by atoms with van der Waals surface area (Å²) in [5.74, 6) is 0.889. The number of rotatable bonds is 9. The Kier molecular flexibility index (Phi) is 8.70. The zero-order chi connectivity index (χ0) is 13.2. The Labute approximate surface area is 114 Å². The van der Waals surface area contributed by atoms with E-state index >= 15 is 0 Å². The van der Waals surface area contributed by atoms with Crippen LogP contribution in [0.1, 0.15) is 72.1 Å². The quantitative estimate of drug-likeness (QED) is 0.625. The van der Waals surface area contributed by atoms with Crippen LogP contribution in [-0.2, 0) is 4.74 Å². The topological polar surface area (TPSA) is 21.3 Å². The van der Waals surface area contributed by atoms with Gasteiger partial charge in [0.2, 0.25) is 0 Å². The lowest BCUT2D eigenvalue weighted by Gasteiger charge is -2.36. The van der Waals surface area contributed by atoms with Crippen molar-refractivity contribution in [3.05, 3.63) is 0 Å². The molecule has 3 atom stereocenters. The maximum Gasteiger partial charge on any atom is 0.0730 e. The van der Waals surface area contributed by atoms with E-state index in [1.807, 2.05) is 0 Å². The van der Waals surface area contributed by atoms with Gasteiger partial charge in [0.15, 0.2) is 0 Å². The lowest BCUT2D eigenvalue weighted by molar-refractivity contribution is -0.0115. The molecular formula is C16H33NO. The molecule has 0 aromatic heterocycles. The molecule has 108 valence electrons. The molecule has 2 nitrogen and oxygen atoms in total. The molecule has 18 heavy (non-hydrogen) atoms. The fourth-order valence-electron chi connectivity index (χ4n) is 3.03. The molecule has 0 saturated heterocycles. The summed E-state index contributed by atoms with van der Waals surface area (Å²) in [5, 5.41) is 3.61. The molecule has 3 unspecified atom stereocenters. The third kappa shape index (κ3) is 5.71. The SMILES string of the molecule is CCCCCCOC1CC(CC)CCC1NCC. The molecule has 1 saturated carbocycles. The highest BCUT2D eigenvalue weighted by Gasteiger charge is 2.29. The third-order valence-corrected chi connectivity index (χ3v) is 4.27. The number of ether oxygens (including phenoxy) is 1. The summed E-state index contributed by atoms with van der Waals surface area (Å²) in [4.78, 5) is 0. The average Bonchev–Trinajstić information content (AvgIpc) is 2.40. The van der Waals surface area contributed by atoms with Crippen molar-refractivity contribution in [1.82, 2.24) is 5.32 Å². The standard InChI is InChI=1S/C16H33NO/c1-4-7-8-9-12-18-16-13-14(5-2)10-11-15(16)17-6-3/h14-17H,4-13H2,1-3H3. The lowest BCUT2D eigenvalue weighted by atomic mass is 9.82. The fourth-order valence-corrected chi connectivity index (χ4v) is 3.03. The second kappa shape index (κ2) is 9.80. The molecule has 0 spiro atoms. The van der Waals surface area contributed by atoms with Gasteiger partial charge < -0.3 is 10.1 Å². The van der Waals surface area contributed by atoms with E-state index in [0.717, 1.165) is 19.1 Å². The van der Waals surface area contributed by atoms with E-state index in [-0.39, 0.29) is 0 Å². The van der Waals surface area contributed by atoms with Gasteiger partial charge in [-0.25, -0.2) is 0 Å². The summed E-state index contributed by atoms with van der Waals surface area (Å²) >= 11 is 0. The summed E-state index contributed by atoms with van der Waals surface area (Å²) in [6.45, 7) is 8.80. The van der Waals surface area contributed by atoms with Crippen LogP contribution >= 0.6 is 0 Å². The Bertz CT molecular complexity index is 196. The van der Waals surface area contributed by atoms with Crippen molar-refractivity contribution in [2.45, 2.75) is 84.3 Å². The van der Waals surface area contributed by atoms with E-state index in [9.17, 15) is 0 Å². The Morgan fingerprint density at radius 2 is 1.89 bits per heavy atom. The first-order valence-electron chi connectivity index (χ1n) is 8.16. The zero-order valence-corrected chi connectivity index (χ0v) is 12.7. The molecule has 0 bridgehead atoms. The molecule has 0 aromatic rings. The number of nitrogens with one attached hydrogen (secondary N) is 1. The van der Waals surface area contributed by atoms with Crippen molar-refractivity contribution in [1.29, 1.82) is 0 Å². The number of likely N-dealkylation sites (N-methyl/N-ethyl adjacent to an activating group) is 1. The van der Waals surface area contributed by atoms with E-state index in [2.05, 4.69) is 26.1 Å². The summed E-state index contributed by atoms with van der Waals surface area (Å²) in [6, 6.07) is 0.601. The van der Waals surface area contributed by atoms with E-state index in [0.29, 0.717) is 12.1 Å². The highest BCUT2D eigenvalue weighted by Crippen LogP contribution is 2.29. The first-order valence-corrected chi connectivity index (χ1v) is 8.16. The summed E-state index contributed by atoms with van der Waals surface area (Å²) in [5.41, 5.74) is 0. The molecule has 0 radical (unpaired) electrons. The van der Waals surface area contributed by atoms with E-state index in [1.165, 1.54) is 51.4 Å². The van der Waals surface area contributed by atoms with Crippen molar-refractivity contribution in [2.75, 3.05) is 13.2 Å². The highest BCUT2D eigenvalue weighted by molar-refractivity contribution is 4.85. The van der Waals surface area contributed by atoms with Crippen molar-refractivity contribution >= 4 is 0 Å². The molecule has 1 fully saturated rings. The Morgan fingerprint density at radius 3 is 2.56 bits per heavy atom. The van der Waals surface area contributed by atoms with Crippen LogP contribution < -0.4 is 5.32 Å². The molecule has 0 heterocycles. The van der Waals surface area contributed by atoms with Crippen LogP contribution in [0.4, 0.5) is 0 Å². The molecule has 2 heteroatoms. The normalized spacial score (nSPS) is 28.5. The minimum Gasteiger partial charge on any atom is -0.377 e. The first-order chi connectivity index (χ1) is 8.81. The minimum absolute atomic E-state index is 0.463. The van der Waals surface area contributed by atoms with Gasteiger partial charge in [-0.05, 0) is 38.1 Å². The van der Waals surface area contributed by atoms with Crippen LogP contribution in [0.2, 0.25) is 0 Å². The van der Waals surface area contributed by atoms with Gasteiger partial charge in [0.1, 0.15) is 0 Å². The van der Waals surface area contributed by atoms with Crippen LogP contribution in [0.3, 0.4) is 0 Å². The van der Waals surface area contributed by atoms with Crippen LogP contribution in [0.15, 0.2) is 0 Å². The second-order valence-electron chi connectivity index (χ2n) is 5.72. The van der Waals surface area contributed by atoms with Crippen molar-refractivity contribution in [3.8, 4) is 0 Å². The molecule has 1 N–H and O–H groups in total. The molecule has 1 aliphatic rings. The predicted octanol–water partition coefficient (Wildman–Crippen LogP) is 4.14. The Balaban J connectivity index is 2.26. The van der Waals surface area contributed by atoms with Gasteiger partial charge in [-0.1, -0.05) is 46.5 Å². The number of hydrogen-bond acceptors (Lipinski definition) is 2. The van der Waals surface area contributed by atoms with Crippen LogP contribution in [0.25, 0.3) is 0 Å². The molecule has 1 rings (SSSR count). The van der Waals surface area contributed by atoms with Gasteiger partial charge >= 0.3 is 0 Å². The van der Waals surface area contributed by atoms with Gasteiger partial charge in [-0.3, -0.25) is 0 Å². The van der Waals surface area contributed by atoms with E-state index in [4.69, 9.17) is 4.74 Å². The average molecular weight is 255 g/mol. The zero-order valence-electron chi connectivity index (χ0n) is 12.7. The van der Waals surface area contributed by atoms with Crippen LogP contribution in [-0.4, -0.2) is 25.3 Å². The second-order valence-corrected chi connectivity index (χ2v) is 5.72. The maximum atomic E-state index is 6.16. The van der Waals surface area contributed by atoms with Gasteiger partial charge in [0.25, 0.3) is 0 Å². The van der Waals surface area contributed by atoms with Gasteiger partial charge in [0, 0.05) is 12.6 Å². The maximum absolute atomic E-state index is 6.16. The molecule has 0 aliphatic heterocycles. The molecule has 1 aliphatic carbocycles. The largest absolute Gasteiger partial charge is 0.377 e. The molecule has 0 amide bonds. The van der Waals surface area contributed by atoms with E-state index in [1.54, 1.807) is 0 Å². The van der Waals surface area contributed by atoms with Crippen molar-refractivity contribution < 1.29 is 4.74 Å². The smallest absolute Gasteiger partial charge is 0.0730 e. The Morgan fingerprint density at radius 1 is 1.06 bits per heavy atom. The van der Waals surface area contributed by atoms with Crippen molar-refractivity contribution in [2.24, 2.45) is 5.92 Å². The van der Waals surface area contributed by atoms with Crippen LogP contribution in [0, 0.1) is 5.92 Å². The number of hydrogen-bond donors (Lipinski definition) is 1. The Hall–Kier alpha value is -0.0800. The van der Waals surface area contributed by atoms with Gasteiger partial charge in [0.05, 0.1) is 6.10 Å². The van der Waals surface area contributed by atoms with Gasteiger partial charge in [-0.2, -0.15) is 0 Å². The predicted molar refractivity (Wildman–Crippen MR) is 79.0 cm³/mol. The lowest BCUT2D eigenvalue weighted by Crippen LogP contribution is -2.45. The molecule has 0 aromatic carbocycles. The number of unbranched alkanes of at least 4 members (excludes halogenated alkanes) is 3.